The second-order valence-corrected chi connectivity index (χ2v) is 7.61. The average Bonchev–Trinajstić information content (AvgIpc) is 3.43. The van der Waals surface area contributed by atoms with E-state index in [1.165, 1.54) is 6.92 Å². The number of rotatable bonds is 5. The van der Waals surface area contributed by atoms with Crippen LogP contribution in [0.2, 0.25) is 0 Å². The number of carbonyl (C=O) groups is 2. The van der Waals surface area contributed by atoms with Crippen molar-refractivity contribution in [1.29, 1.82) is 0 Å². The standard InChI is InChI=1S/C25H19N5O3/c1-15-23(25(32)26-19-10-6-9-18(13-19)16(2)31)27-29-30(15)20-11-12-22-21(14-20)24(33-28-22)17-7-4-3-5-8-17/h3-14H,1-2H3,(H,26,32). The first-order chi connectivity index (χ1) is 16.0. The molecule has 162 valence electrons. The maximum absolute atomic E-state index is 12.8. The molecule has 2 aromatic heterocycles. The van der Waals surface area contributed by atoms with Crippen molar-refractivity contribution in [1.82, 2.24) is 20.2 Å². The molecule has 0 aliphatic carbocycles. The van der Waals surface area contributed by atoms with Crippen LogP contribution in [0.3, 0.4) is 0 Å². The third-order valence-corrected chi connectivity index (χ3v) is 5.38. The van der Waals surface area contributed by atoms with Gasteiger partial charge in [0.25, 0.3) is 5.91 Å². The Balaban J connectivity index is 1.47. The van der Waals surface area contributed by atoms with Crippen LogP contribution in [0.5, 0.6) is 0 Å². The van der Waals surface area contributed by atoms with Crippen LogP contribution in [0, 0.1) is 6.92 Å². The van der Waals surface area contributed by atoms with E-state index in [4.69, 9.17) is 4.52 Å². The number of aromatic nitrogens is 4. The maximum Gasteiger partial charge on any atom is 0.278 e. The van der Waals surface area contributed by atoms with Gasteiger partial charge in [0.1, 0.15) is 5.52 Å². The molecule has 0 aliphatic rings. The van der Waals surface area contributed by atoms with Gasteiger partial charge in [-0.3, -0.25) is 9.59 Å². The highest BCUT2D eigenvalue weighted by Crippen LogP contribution is 2.30. The summed E-state index contributed by atoms with van der Waals surface area (Å²) >= 11 is 0. The highest BCUT2D eigenvalue weighted by Gasteiger charge is 2.19. The quantitative estimate of drug-likeness (QED) is 0.395. The SMILES string of the molecule is CC(=O)c1cccc(NC(=O)c2nnn(-c3ccc4noc(-c5ccccc5)c4c3)c2C)c1. The predicted molar refractivity (Wildman–Crippen MR) is 123 cm³/mol. The van der Waals surface area contributed by atoms with E-state index in [9.17, 15) is 9.59 Å². The first-order valence-electron chi connectivity index (χ1n) is 10.3. The monoisotopic (exact) mass is 437 g/mol. The van der Waals surface area contributed by atoms with Gasteiger partial charge in [-0.25, -0.2) is 4.68 Å². The zero-order valence-corrected chi connectivity index (χ0v) is 17.9. The number of fused-ring (bicyclic) bond motifs is 1. The molecule has 1 amide bonds. The van der Waals surface area contributed by atoms with Crippen LogP contribution in [0.15, 0.2) is 77.3 Å². The van der Waals surface area contributed by atoms with E-state index >= 15 is 0 Å². The summed E-state index contributed by atoms with van der Waals surface area (Å²) in [6.45, 7) is 3.25. The van der Waals surface area contributed by atoms with E-state index in [1.807, 2.05) is 48.5 Å². The van der Waals surface area contributed by atoms with Crippen LogP contribution in [0.1, 0.15) is 33.5 Å². The number of ketones is 1. The molecule has 0 radical (unpaired) electrons. The van der Waals surface area contributed by atoms with Crippen LogP contribution in [-0.4, -0.2) is 31.8 Å². The molecule has 1 N–H and O–H groups in total. The topological polar surface area (TPSA) is 103 Å². The van der Waals surface area contributed by atoms with Gasteiger partial charge in [-0.1, -0.05) is 52.8 Å². The normalized spacial score (nSPS) is 11.0. The van der Waals surface area contributed by atoms with Gasteiger partial charge in [-0.15, -0.1) is 5.10 Å². The van der Waals surface area contributed by atoms with Crippen molar-refractivity contribution >= 4 is 28.3 Å². The van der Waals surface area contributed by atoms with Crippen LogP contribution in [-0.2, 0) is 0 Å². The summed E-state index contributed by atoms with van der Waals surface area (Å²) in [6.07, 6.45) is 0. The first kappa shape index (κ1) is 20.3. The molecule has 3 aromatic carbocycles. The van der Waals surface area contributed by atoms with Gasteiger partial charge >= 0.3 is 0 Å². The molecule has 5 aromatic rings. The van der Waals surface area contributed by atoms with Gasteiger partial charge in [0.05, 0.1) is 16.8 Å². The second-order valence-electron chi connectivity index (χ2n) is 7.61. The summed E-state index contributed by atoms with van der Waals surface area (Å²) in [5, 5.41) is 16.0. The largest absolute Gasteiger partial charge is 0.355 e. The number of amides is 1. The van der Waals surface area contributed by atoms with Gasteiger partial charge in [-0.2, -0.15) is 0 Å². The van der Waals surface area contributed by atoms with Crippen LogP contribution < -0.4 is 5.32 Å². The zero-order chi connectivity index (χ0) is 22.9. The summed E-state index contributed by atoms with van der Waals surface area (Å²) in [4.78, 5) is 24.4. The number of nitrogens with zero attached hydrogens (tertiary/aromatic N) is 4. The molecule has 0 atom stereocenters. The minimum absolute atomic E-state index is 0.0766. The molecule has 0 bridgehead atoms. The van der Waals surface area contributed by atoms with Gasteiger partial charge < -0.3 is 9.84 Å². The number of hydrogen-bond donors (Lipinski definition) is 1. The molecule has 8 nitrogen and oxygen atoms in total. The smallest absolute Gasteiger partial charge is 0.278 e. The highest BCUT2D eigenvalue weighted by atomic mass is 16.5. The minimum atomic E-state index is -0.407. The Hall–Kier alpha value is -4.59. The highest BCUT2D eigenvalue weighted by molar-refractivity contribution is 6.04. The van der Waals surface area contributed by atoms with Crippen LogP contribution in [0.25, 0.3) is 27.9 Å². The summed E-state index contributed by atoms with van der Waals surface area (Å²) in [6, 6.07) is 22.1. The Morgan fingerprint density at radius 1 is 0.970 bits per heavy atom. The molecule has 0 spiro atoms. The minimum Gasteiger partial charge on any atom is -0.355 e. The fourth-order valence-corrected chi connectivity index (χ4v) is 3.65. The number of hydrogen-bond acceptors (Lipinski definition) is 6. The third kappa shape index (κ3) is 3.78. The molecule has 0 saturated carbocycles. The predicted octanol–water partition coefficient (Wildman–Crippen LogP) is 4.84. The fraction of sp³-hybridized carbons (Fsp3) is 0.0800. The summed E-state index contributed by atoms with van der Waals surface area (Å²) < 4.78 is 7.17. The number of Topliss-reactive ketones (excluding diaryl/α,β-unsaturated/α-hetero) is 1. The molecule has 33 heavy (non-hydrogen) atoms. The summed E-state index contributed by atoms with van der Waals surface area (Å²) in [5.74, 6) is 0.177. The van der Waals surface area contributed by atoms with Gasteiger partial charge in [0, 0.05) is 16.8 Å². The van der Waals surface area contributed by atoms with Crippen LogP contribution in [0.4, 0.5) is 5.69 Å². The van der Waals surface area contributed by atoms with Crippen molar-refractivity contribution in [2.45, 2.75) is 13.8 Å². The van der Waals surface area contributed by atoms with Crippen molar-refractivity contribution in [2.24, 2.45) is 0 Å². The van der Waals surface area contributed by atoms with E-state index in [0.29, 0.717) is 22.7 Å². The molecule has 0 unspecified atom stereocenters. The molecule has 8 heteroatoms. The molecular formula is C25H19N5O3. The Morgan fingerprint density at radius 3 is 2.58 bits per heavy atom. The Morgan fingerprint density at radius 2 is 1.79 bits per heavy atom. The average molecular weight is 437 g/mol. The summed E-state index contributed by atoms with van der Waals surface area (Å²) in [7, 11) is 0. The Kier molecular flexibility index (Phi) is 5.02. The van der Waals surface area contributed by atoms with E-state index in [1.54, 1.807) is 35.9 Å². The molecule has 5 rings (SSSR count). The van der Waals surface area contributed by atoms with Crippen molar-refractivity contribution in [3.8, 4) is 17.0 Å². The number of anilines is 1. The molecular weight excluding hydrogens is 418 g/mol. The lowest BCUT2D eigenvalue weighted by molar-refractivity contribution is 0.100. The van der Waals surface area contributed by atoms with Gasteiger partial charge in [0.2, 0.25) is 0 Å². The number of nitrogens with one attached hydrogen (secondary N) is 1. The van der Waals surface area contributed by atoms with E-state index in [2.05, 4.69) is 20.8 Å². The number of carbonyl (C=O) groups excluding carboxylic acids is 2. The summed E-state index contributed by atoms with van der Waals surface area (Å²) in [5.41, 5.74) is 4.16. The van der Waals surface area contributed by atoms with Crippen molar-refractivity contribution in [2.75, 3.05) is 5.32 Å². The van der Waals surface area contributed by atoms with Crippen molar-refractivity contribution in [3.63, 3.8) is 0 Å². The number of benzene rings is 3. The van der Waals surface area contributed by atoms with E-state index < -0.39 is 5.91 Å². The first-order valence-corrected chi connectivity index (χ1v) is 10.3. The molecule has 0 saturated heterocycles. The zero-order valence-electron chi connectivity index (χ0n) is 17.9. The fourth-order valence-electron chi connectivity index (χ4n) is 3.65. The van der Waals surface area contributed by atoms with E-state index in [0.717, 1.165) is 22.2 Å². The molecule has 2 heterocycles. The molecule has 0 aliphatic heterocycles. The second kappa shape index (κ2) is 8.16. The third-order valence-electron chi connectivity index (χ3n) is 5.38. The Labute approximate surface area is 188 Å². The lowest BCUT2D eigenvalue weighted by atomic mass is 10.1. The van der Waals surface area contributed by atoms with E-state index in [-0.39, 0.29) is 11.5 Å². The Bertz CT molecular complexity index is 1500. The van der Waals surface area contributed by atoms with Crippen molar-refractivity contribution in [3.05, 3.63) is 89.7 Å². The lowest BCUT2D eigenvalue weighted by Gasteiger charge is -2.06. The van der Waals surface area contributed by atoms with Gasteiger partial charge in [0.15, 0.2) is 17.2 Å². The lowest BCUT2D eigenvalue weighted by Crippen LogP contribution is -2.14. The van der Waals surface area contributed by atoms with Crippen LogP contribution >= 0.6 is 0 Å². The molecule has 0 fully saturated rings. The van der Waals surface area contributed by atoms with Gasteiger partial charge in [-0.05, 0) is 44.2 Å². The maximum atomic E-state index is 12.8. The van der Waals surface area contributed by atoms with Crippen molar-refractivity contribution < 1.29 is 14.1 Å².